The summed E-state index contributed by atoms with van der Waals surface area (Å²) in [6.07, 6.45) is -0.534. The fraction of sp³-hybridized carbons (Fsp3) is 0.100. The smallest absolute Gasteiger partial charge is 0.247 e. The zero-order valence-corrected chi connectivity index (χ0v) is 15.4. The molecule has 3 aromatic carbocycles. The Labute approximate surface area is 158 Å². The van der Waals surface area contributed by atoms with Gasteiger partial charge in [-0.2, -0.15) is 4.31 Å². The maximum absolute atomic E-state index is 13.3. The summed E-state index contributed by atoms with van der Waals surface area (Å²) in [5.41, 5.74) is 2.32. The first-order chi connectivity index (χ1) is 12.6. The fourth-order valence-corrected chi connectivity index (χ4v) is 5.04. The van der Waals surface area contributed by atoms with E-state index in [0.717, 1.165) is 11.1 Å². The lowest BCUT2D eigenvalue weighted by Crippen LogP contribution is -2.42. The molecule has 132 valence electrons. The molecule has 0 aliphatic carbocycles. The third-order valence-corrected chi connectivity index (χ3v) is 6.50. The summed E-state index contributed by atoms with van der Waals surface area (Å²) in [6.45, 7) is 0.266. The van der Waals surface area contributed by atoms with Crippen molar-refractivity contribution in [3.05, 3.63) is 95.0 Å². The highest BCUT2D eigenvalue weighted by atomic mass is 35.5. The normalized spacial score (nSPS) is 18.7. The molecule has 0 aromatic heterocycles. The van der Waals surface area contributed by atoms with Crippen molar-refractivity contribution in [1.29, 1.82) is 0 Å². The van der Waals surface area contributed by atoms with E-state index in [2.05, 4.69) is 5.32 Å². The zero-order valence-electron chi connectivity index (χ0n) is 13.8. The Morgan fingerprint density at radius 2 is 1.65 bits per heavy atom. The van der Waals surface area contributed by atoms with E-state index in [1.54, 1.807) is 30.3 Å². The first-order valence-corrected chi connectivity index (χ1v) is 10.0. The number of fused-ring (bicyclic) bond motifs is 1. The molecule has 1 aliphatic rings. The predicted octanol–water partition coefficient (Wildman–Crippen LogP) is 4.66. The lowest BCUT2D eigenvalue weighted by Gasteiger charge is -2.37. The number of hydrogen-bond donors (Lipinski definition) is 1. The fourth-order valence-electron chi connectivity index (χ4n) is 3.16. The van der Waals surface area contributed by atoms with E-state index in [4.69, 9.17) is 11.6 Å². The van der Waals surface area contributed by atoms with E-state index >= 15 is 0 Å². The van der Waals surface area contributed by atoms with Crippen LogP contribution in [0, 0.1) is 0 Å². The second-order valence-corrected chi connectivity index (χ2v) is 8.43. The molecule has 0 unspecified atom stereocenters. The van der Waals surface area contributed by atoms with E-state index < -0.39 is 16.2 Å². The van der Waals surface area contributed by atoms with E-state index in [1.165, 1.54) is 4.31 Å². The Morgan fingerprint density at radius 3 is 2.42 bits per heavy atom. The Hall–Kier alpha value is -2.34. The summed E-state index contributed by atoms with van der Waals surface area (Å²) in [6, 6.07) is 23.8. The van der Waals surface area contributed by atoms with Crippen LogP contribution in [0.4, 0.5) is 5.69 Å². The number of hydrogen-bond acceptors (Lipinski definition) is 3. The molecule has 6 heteroatoms. The Bertz CT molecular complexity index is 1040. The molecule has 1 aliphatic heterocycles. The number of halogens is 1. The topological polar surface area (TPSA) is 49.4 Å². The van der Waals surface area contributed by atoms with Crippen LogP contribution < -0.4 is 5.32 Å². The Balaban J connectivity index is 1.85. The summed E-state index contributed by atoms with van der Waals surface area (Å²) >= 11 is 6.15. The van der Waals surface area contributed by atoms with Crippen LogP contribution in [0.1, 0.15) is 17.3 Å². The van der Waals surface area contributed by atoms with Crippen molar-refractivity contribution >= 4 is 27.3 Å². The van der Waals surface area contributed by atoms with Crippen molar-refractivity contribution < 1.29 is 8.42 Å². The van der Waals surface area contributed by atoms with Gasteiger partial charge in [0, 0.05) is 11.6 Å². The Morgan fingerprint density at radius 1 is 0.923 bits per heavy atom. The van der Waals surface area contributed by atoms with E-state index in [0.29, 0.717) is 10.7 Å². The zero-order chi connectivity index (χ0) is 18.1. The van der Waals surface area contributed by atoms with Gasteiger partial charge >= 0.3 is 0 Å². The minimum absolute atomic E-state index is 0.266. The highest BCUT2D eigenvalue weighted by Crippen LogP contribution is 2.39. The molecule has 0 saturated heterocycles. The molecular weight excluding hydrogens is 368 g/mol. The molecular formula is C20H17ClN2O2S. The maximum Gasteiger partial charge on any atom is 0.247 e. The molecule has 26 heavy (non-hydrogen) atoms. The molecule has 1 heterocycles. The second-order valence-electron chi connectivity index (χ2n) is 6.13. The predicted molar refractivity (Wildman–Crippen MR) is 103 cm³/mol. The van der Waals surface area contributed by atoms with Crippen molar-refractivity contribution in [2.75, 3.05) is 5.32 Å². The molecule has 0 bridgehead atoms. The average Bonchev–Trinajstić information content (AvgIpc) is 2.65. The van der Waals surface area contributed by atoms with Gasteiger partial charge in [-0.25, -0.2) is 8.42 Å². The van der Waals surface area contributed by atoms with Crippen LogP contribution in [0.2, 0.25) is 5.02 Å². The van der Waals surface area contributed by atoms with E-state index in [1.807, 2.05) is 48.5 Å². The minimum atomic E-state index is -3.66. The van der Waals surface area contributed by atoms with Gasteiger partial charge in [0.25, 0.3) is 0 Å². The van der Waals surface area contributed by atoms with Gasteiger partial charge in [-0.15, -0.1) is 0 Å². The first kappa shape index (κ1) is 17.1. The highest BCUT2D eigenvalue weighted by Gasteiger charge is 2.38. The average molecular weight is 385 g/mol. The number of rotatable bonds is 3. The van der Waals surface area contributed by atoms with Crippen LogP contribution in [-0.2, 0) is 16.6 Å². The summed E-state index contributed by atoms with van der Waals surface area (Å²) in [5, 5.41) is 3.92. The van der Waals surface area contributed by atoms with Crippen molar-refractivity contribution in [1.82, 2.24) is 4.31 Å². The third kappa shape index (κ3) is 3.09. The molecule has 0 spiro atoms. The van der Waals surface area contributed by atoms with Crippen molar-refractivity contribution in [2.24, 2.45) is 0 Å². The van der Waals surface area contributed by atoms with Crippen LogP contribution in [0.5, 0.6) is 0 Å². The molecule has 0 amide bonds. The van der Waals surface area contributed by atoms with Gasteiger partial charge in [-0.1, -0.05) is 66.2 Å². The van der Waals surface area contributed by atoms with Crippen LogP contribution in [-0.4, -0.2) is 12.7 Å². The highest BCUT2D eigenvalue weighted by molar-refractivity contribution is 7.89. The first-order valence-electron chi connectivity index (χ1n) is 8.22. The molecule has 4 nitrogen and oxygen atoms in total. The lowest BCUT2D eigenvalue weighted by molar-refractivity contribution is 0.336. The van der Waals surface area contributed by atoms with Crippen molar-refractivity contribution in [3.63, 3.8) is 0 Å². The van der Waals surface area contributed by atoms with Crippen LogP contribution in [0.3, 0.4) is 0 Å². The van der Waals surface area contributed by atoms with E-state index in [9.17, 15) is 8.42 Å². The SMILES string of the molecule is O=S1(=O)c2ccccc2N[C@H](c2cccc(Cl)c2)N1Cc1ccccc1. The molecule has 3 aromatic rings. The second kappa shape index (κ2) is 6.76. The number of nitrogens with one attached hydrogen (secondary N) is 1. The van der Waals surface area contributed by atoms with Crippen LogP contribution >= 0.6 is 11.6 Å². The quantitative estimate of drug-likeness (QED) is 0.714. The lowest BCUT2D eigenvalue weighted by atomic mass is 10.1. The summed E-state index contributed by atoms with van der Waals surface area (Å²) < 4.78 is 28.1. The van der Waals surface area contributed by atoms with Crippen molar-refractivity contribution in [2.45, 2.75) is 17.6 Å². The maximum atomic E-state index is 13.3. The van der Waals surface area contributed by atoms with Crippen LogP contribution in [0.25, 0.3) is 0 Å². The largest absolute Gasteiger partial charge is 0.364 e. The molecule has 0 fully saturated rings. The third-order valence-electron chi connectivity index (χ3n) is 4.40. The van der Waals surface area contributed by atoms with Crippen LogP contribution in [0.15, 0.2) is 83.8 Å². The number of sulfonamides is 1. The van der Waals surface area contributed by atoms with Gasteiger partial charge in [0.2, 0.25) is 10.0 Å². The van der Waals surface area contributed by atoms with Gasteiger partial charge in [0.15, 0.2) is 0 Å². The number of benzene rings is 3. The van der Waals surface area contributed by atoms with Gasteiger partial charge < -0.3 is 5.32 Å². The molecule has 0 saturated carbocycles. The molecule has 0 radical (unpaired) electrons. The van der Waals surface area contributed by atoms with Gasteiger partial charge in [-0.05, 0) is 35.4 Å². The molecule has 4 rings (SSSR count). The van der Waals surface area contributed by atoms with Gasteiger partial charge in [0.05, 0.1) is 5.69 Å². The molecule has 1 N–H and O–H groups in total. The number of nitrogens with zero attached hydrogens (tertiary/aromatic N) is 1. The summed E-state index contributed by atoms with van der Waals surface area (Å²) in [7, 11) is -3.66. The Kier molecular flexibility index (Phi) is 4.44. The summed E-state index contributed by atoms with van der Waals surface area (Å²) in [5.74, 6) is 0. The standard InChI is InChI=1S/C20H17ClN2O2S/c21-17-10-6-9-16(13-17)20-22-18-11-4-5-12-19(18)26(24,25)23(20)14-15-7-2-1-3-8-15/h1-13,20,22H,14H2/t20-/m0/s1. The number of anilines is 1. The monoisotopic (exact) mass is 384 g/mol. The van der Waals surface area contributed by atoms with Gasteiger partial charge in [-0.3, -0.25) is 0 Å². The summed E-state index contributed by atoms with van der Waals surface area (Å²) in [4.78, 5) is 0.286. The van der Waals surface area contributed by atoms with Crippen molar-refractivity contribution in [3.8, 4) is 0 Å². The number of para-hydroxylation sites is 1. The molecule has 1 atom stereocenters. The van der Waals surface area contributed by atoms with Gasteiger partial charge in [0.1, 0.15) is 11.1 Å². The van der Waals surface area contributed by atoms with E-state index in [-0.39, 0.29) is 11.4 Å². The minimum Gasteiger partial charge on any atom is -0.364 e.